The number of rotatable bonds is 3. The van der Waals surface area contributed by atoms with E-state index in [0.717, 1.165) is 0 Å². The molecular formula is C13H16N2O3. The van der Waals surface area contributed by atoms with Gasteiger partial charge in [0.2, 0.25) is 0 Å². The minimum Gasteiger partial charge on any atom is -0.481 e. The van der Waals surface area contributed by atoms with Crippen molar-refractivity contribution in [2.45, 2.75) is 6.92 Å². The Morgan fingerprint density at radius 2 is 2.00 bits per heavy atom. The first kappa shape index (κ1) is 12.4. The number of anilines is 1. The first-order valence-electron chi connectivity index (χ1n) is 5.87. The number of hydrogen-bond acceptors (Lipinski definition) is 3. The predicted octanol–water partition coefficient (Wildman–Crippen LogP) is 1.06. The number of nitrogen functional groups attached to an aromatic ring is 1. The normalized spacial score (nSPS) is 17.1. The molecule has 1 fully saturated rings. The van der Waals surface area contributed by atoms with Crippen LogP contribution in [0.3, 0.4) is 0 Å². The number of carbonyl (C=O) groups is 2. The Balaban J connectivity index is 1.99. The van der Waals surface area contributed by atoms with Crippen molar-refractivity contribution in [3.8, 4) is 0 Å². The number of benzene rings is 1. The third-order valence-electron chi connectivity index (χ3n) is 3.48. The third-order valence-corrected chi connectivity index (χ3v) is 3.48. The molecule has 3 N–H and O–H groups in total. The quantitative estimate of drug-likeness (QED) is 0.783. The smallest absolute Gasteiger partial charge is 0.306 e. The highest BCUT2D eigenvalue weighted by atomic mass is 16.4. The highest BCUT2D eigenvalue weighted by Gasteiger charge is 2.37. The fraction of sp³-hybridized carbons (Fsp3) is 0.385. The largest absolute Gasteiger partial charge is 0.481 e. The van der Waals surface area contributed by atoms with E-state index in [9.17, 15) is 9.59 Å². The second-order valence-electron chi connectivity index (χ2n) is 4.68. The number of para-hydroxylation sites is 1. The van der Waals surface area contributed by atoms with Crippen LogP contribution in [0, 0.1) is 11.8 Å². The third kappa shape index (κ3) is 2.16. The number of amides is 1. The molecule has 1 aliphatic rings. The van der Waals surface area contributed by atoms with Crippen LogP contribution in [0.15, 0.2) is 24.3 Å². The Kier molecular flexibility index (Phi) is 3.23. The van der Waals surface area contributed by atoms with Gasteiger partial charge in [0.15, 0.2) is 0 Å². The average molecular weight is 248 g/mol. The Morgan fingerprint density at radius 3 is 2.56 bits per heavy atom. The molecule has 1 aliphatic heterocycles. The van der Waals surface area contributed by atoms with Gasteiger partial charge in [-0.15, -0.1) is 0 Å². The Hall–Kier alpha value is -2.04. The molecule has 1 aromatic rings. The molecule has 0 aliphatic carbocycles. The van der Waals surface area contributed by atoms with Crippen LogP contribution in [0.25, 0.3) is 0 Å². The summed E-state index contributed by atoms with van der Waals surface area (Å²) in [6, 6.07) is 6.91. The molecule has 1 unspecified atom stereocenters. The highest BCUT2D eigenvalue weighted by Crippen LogP contribution is 2.26. The molecule has 2 rings (SSSR count). The zero-order valence-corrected chi connectivity index (χ0v) is 10.2. The first-order chi connectivity index (χ1) is 8.50. The molecule has 1 aromatic carbocycles. The number of nitrogens with zero attached hydrogens (tertiary/aromatic N) is 1. The molecule has 0 aromatic heterocycles. The molecular weight excluding hydrogens is 232 g/mol. The summed E-state index contributed by atoms with van der Waals surface area (Å²) in [5.41, 5.74) is 6.68. The van der Waals surface area contributed by atoms with Gasteiger partial charge in [0.1, 0.15) is 0 Å². The molecule has 0 radical (unpaired) electrons. The van der Waals surface area contributed by atoms with Crippen molar-refractivity contribution in [1.82, 2.24) is 4.90 Å². The second-order valence-corrected chi connectivity index (χ2v) is 4.68. The predicted molar refractivity (Wildman–Crippen MR) is 67.0 cm³/mol. The molecule has 1 atom stereocenters. The highest BCUT2D eigenvalue weighted by molar-refractivity contribution is 5.99. The topological polar surface area (TPSA) is 83.6 Å². The summed E-state index contributed by atoms with van der Waals surface area (Å²) < 4.78 is 0. The van der Waals surface area contributed by atoms with E-state index in [1.807, 2.05) is 0 Å². The minimum absolute atomic E-state index is 0.0383. The van der Waals surface area contributed by atoms with Crippen LogP contribution in [0.5, 0.6) is 0 Å². The lowest BCUT2D eigenvalue weighted by Gasteiger charge is -2.41. The van der Waals surface area contributed by atoms with Crippen LogP contribution in [-0.2, 0) is 4.79 Å². The summed E-state index contributed by atoms with van der Waals surface area (Å²) in [6.45, 7) is 2.65. The van der Waals surface area contributed by atoms with Crippen LogP contribution >= 0.6 is 0 Å². The summed E-state index contributed by atoms with van der Waals surface area (Å²) in [5, 5.41) is 8.88. The summed E-state index contributed by atoms with van der Waals surface area (Å²) in [7, 11) is 0. The van der Waals surface area contributed by atoms with Gasteiger partial charge in [-0.25, -0.2) is 0 Å². The minimum atomic E-state index is -0.814. The van der Waals surface area contributed by atoms with Gasteiger partial charge in [-0.1, -0.05) is 19.1 Å². The maximum absolute atomic E-state index is 12.1. The molecule has 5 nitrogen and oxygen atoms in total. The van der Waals surface area contributed by atoms with Crippen LogP contribution < -0.4 is 5.73 Å². The number of likely N-dealkylation sites (tertiary alicyclic amines) is 1. The van der Waals surface area contributed by atoms with Crippen molar-refractivity contribution in [1.29, 1.82) is 0 Å². The van der Waals surface area contributed by atoms with Gasteiger partial charge >= 0.3 is 5.97 Å². The van der Waals surface area contributed by atoms with E-state index in [0.29, 0.717) is 24.3 Å². The molecule has 0 spiro atoms. The molecule has 0 bridgehead atoms. The SMILES string of the molecule is CC(C(=O)O)C1CN(C(=O)c2ccccc2N)C1. The van der Waals surface area contributed by atoms with Gasteiger partial charge in [0.05, 0.1) is 11.5 Å². The van der Waals surface area contributed by atoms with Gasteiger partial charge in [-0.3, -0.25) is 9.59 Å². The number of carboxylic acid groups (broad SMARTS) is 1. The molecule has 1 saturated heterocycles. The maximum atomic E-state index is 12.1. The first-order valence-corrected chi connectivity index (χ1v) is 5.87. The van der Waals surface area contributed by atoms with Crippen LogP contribution in [0.1, 0.15) is 17.3 Å². The number of nitrogens with two attached hydrogens (primary N) is 1. The van der Waals surface area contributed by atoms with Gasteiger partial charge in [0, 0.05) is 24.7 Å². The summed E-state index contributed by atoms with van der Waals surface area (Å²) in [6.07, 6.45) is 0. The van der Waals surface area contributed by atoms with E-state index < -0.39 is 11.9 Å². The lowest BCUT2D eigenvalue weighted by Crippen LogP contribution is -2.53. The average Bonchev–Trinajstić information content (AvgIpc) is 2.27. The van der Waals surface area contributed by atoms with Crippen LogP contribution in [0.2, 0.25) is 0 Å². The monoisotopic (exact) mass is 248 g/mol. The molecule has 96 valence electrons. The number of carboxylic acids is 1. The number of aliphatic carboxylic acids is 1. The van der Waals surface area contributed by atoms with Gasteiger partial charge in [0.25, 0.3) is 5.91 Å². The van der Waals surface area contributed by atoms with Crippen molar-refractivity contribution in [3.05, 3.63) is 29.8 Å². The number of carbonyl (C=O) groups excluding carboxylic acids is 1. The van der Waals surface area contributed by atoms with Crippen molar-refractivity contribution in [2.24, 2.45) is 11.8 Å². The van der Waals surface area contributed by atoms with Gasteiger partial charge in [-0.2, -0.15) is 0 Å². The van der Waals surface area contributed by atoms with E-state index in [1.54, 1.807) is 36.1 Å². The maximum Gasteiger partial charge on any atom is 0.306 e. The van der Waals surface area contributed by atoms with Crippen LogP contribution in [0.4, 0.5) is 5.69 Å². The van der Waals surface area contributed by atoms with Crippen molar-refractivity contribution in [2.75, 3.05) is 18.8 Å². The standard InChI is InChI=1S/C13H16N2O3/c1-8(13(17)18)9-6-15(7-9)12(16)10-4-2-3-5-11(10)14/h2-5,8-9H,6-7,14H2,1H3,(H,17,18). The van der Waals surface area contributed by atoms with Crippen molar-refractivity contribution < 1.29 is 14.7 Å². The molecule has 1 amide bonds. The van der Waals surface area contributed by atoms with E-state index in [2.05, 4.69) is 0 Å². The molecule has 1 heterocycles. The fourth-order valence-corrected chi connectivity index (χ4v) is 2.06. The van der Waals surface area contributed by atoms with E-state index in [-0.39, 0.29) is 11.8 Å². The zero-order valence-electron chi connectivity index (χ0n) is 10.2. The Bertz CT molecular complexity index is 481. The lowest BCUT2D eigenvalue weighted by atomic mass is 9.86. The molecule has 18 heavy (non-hydrogen) atoms. The second kappa shape index (κ2) is 4.68. The zero-order chi connectivity index (χ0) is 13.3. The Morgan fingerprint density at radius 1 is 1.39 bits per heavy atom. The summed E-state index contributed by atoms with van der Waals surface area (Å²) in [5.74, 6) is -1.31. The molecule has 5 heteroatoms. The van der Waals surface area contributed by atoms with Gasteiger partial charge < -0.3 is 15.7 Å². The van der Waals surface area contributed by atoms with Gasteiger partial charge in [-0.05, 0) is 12.1 Å². The fourth-order valence-electron chi connectivity index (χ4n) is 2.06. The van der Waals surface area contributed by atoms with Crippen molar-refractivity contribution in [3.63, 3.8) is 0 Å². The van der Waals surface area contributed by atoms with E-state index in [4.69, 9.17) is 10.8 Å². The summed E-state index contributed by atoms with van der Waals surface area (Å²) >= 11 is 0. The Labute approximate surface area is 105 Å². The van der Waals surface area contributed by atoms with E-state index >= 15 is 0 Å². The van der Waals surface area contributed by atoms with E-state index in [1.165, 1.54) is 0 Å². The number of hydrogen-bond donors (Lipinski definition) is 2. The lowest BCUT2D eigenvalue weighted by molar-refractivity contribution is -0.144. The molecule has 0 saturated carbocycles. The van der Waals surface area contributed by atoms with Crippen molar-refractivity contribution >= 4 is 17.6 Å². The van der Waals surface area contributed by atoms with Crippen LogP contribution in [-0.4, -0.2) is 35.0 Å². The summed E-state index contributed by atoms with van der Waals surface area (Å²) in [4.78, 5) is 24.5.